The summed E-state index contributed by atoms with van der Waals surface area (Å²) in [4.78, 5) is 45.5. The van der Waals surface area contributed by atoms with Gasteiger partial charge in [0.15, 0.2) is 0 Å². The van der Waals surface area contributed by atoms with Gasteiger partial charge < -0.3 is 20.1 Å². The van der Waals surface area contributed by atoms with Gasteiger partial charge in [-0.25, -0.2) is 9.59 Å². The Balaban J connectivity index is 1.43. The summed E-state index contributed by atoms with van der Waals surface area (Å²) in [5, 5.41) is 6.26. The third-order valence-corrected chi connectivity index (χ3v) is 8.59. The summed E-state index contributed by atoms with van der Waals surface area (Å²) in [5.41, 5.74) is 3.24. The van der Waals surface area contributed by atoms with E-state index in [1.165, 1.54) is 28.0 Å². The van der Waals surface area contributed by atoms with Crippen LogP contribution in [0.25, 0.3) is 0 Å². The zero-order valence-corrected chi connectivity index (χ0v) is 26.5. The molecule has 2 aromatic carbocycles. The first-order valence-electron chi connectivity index (χ1n) is 14.4. The van der Waals surface area contributed by atoms with E-state index in [4.69, 9.17) is 9.47 Å². The quantitative estimate of drug-likeness (QED) is 0.262. The number of alkyl carbamates (subject to hydrolysis) is 1. The number of aromatic nitrogens is 1. The molecular weight excluding hydrogens is 585 g/mol. The van der Waals surface area contributed by atoms with Crippen molar-refractivity contribution >= 4 is 41.2 Å². The fourth-order valence-electron chi connectivity index (χ4n) is 4.77. The van der Waals surface area contributed by atoms with Gasteiger partial charge in [-0.2, -0.15) is 0 Å². The van der Waals surface area contributed by atoms with Crippen molar-refractivity contribution in [3.05, 3.63) is 88.4 Å². The fourth-order valence-corrected chi connectivity index (χ4v) is 6.41. The zero-order valence-electron chi connectivity index (χ0n) is 24.9. The van der Waals surface area contributed by atoms with Crippen molar-refractivity contribution in [3.8, 4) is 0 Å². The SMILES string of the molecule is CC(C)(C)OC(=O)N1CSC[C@H]1C(=O)N[C@H](CC[C@H](Cc1ccccc1)NC(=O)OCc1cncs1)Cc1ccccc1. The van der Waals surface area contributed by atoms with Crippen LogP contribution in [0.15, 0.2) is 72.4 Å². The van der Waals surface area contributed by atoms with Crippen molar-refractivity contribution in [3.63, 3.8) is 0 Å². The van der Waals surface area contributed by atoms with Crippen LogP contribution >= 0.6 is 23.1 Å². The molecule has 43 heavy (non-hydrogen) atoms. The van der Waals surface area contributed by atoms with E-state index in [-0.39, 0.29) is 24.6 Å². The Labute approximate surface area is 261 Å². The molecule has 230 valence electrons. The summed E-state index contributed by atoms with van der Waals surface area (Å²) in [6, 6.07) is 18.9. The molecule has 3 aromatic rings. The summed E-state index contributed by atoms with van der Waals surface area (Å²) in [7, 11) is 0. The van der Waals surface area contributed by atoms with Crippen LogP contribution in [0.1, 0.15) is 49.6 Å². The monoisotopic (exact) mass is 624 g/mol. The third kappa shape index (κ3) is 10.9. The second-order valence-electron chi connectivity index (χ2n) is 11.5. The van der Waals surface area contributed by atoms with E-state index in [1.807, 2.05) is 81.4 Å². The molecule has 0 unspecified atom stereocenters. The van der Waals surface area contributed by atoms with Crippen molar-refractivity contribution in [2.24, 2.45) is 0 Å². The topological polar surface area (TPSA) is 110 Å². The van der Waals surface area contributed by atoms with Gasteiger partial charge in [0, 0.05) is 24.0 Å². The number of carbonyl (C=O) groups excluding carboxylic acids is 3. The van der Waals surface area contributed by atoms with E-state index in [9.17, 15) is 14.4 Å². The highest BCUT2D eigenvalue weighted by Gasteiger charge is 2.38. The number of rotatable bonds is 12. The Morgan fingerprint density at radius 2 is 1.56 bits per heavy atom. The number of amides is 3. The summed E-state index contributed by atoms with van der Waals surface area (Å²) in [5.74, 6) is 0.712. The molecular formula is C32H40N4O5S2. The first kappa shape index (κ1) is 32.3. The first-order chi connectivity index (χ1) is 20.7. The van der Waals surface area contributed by atoms with Crippen LogP contribution in [0.3, 0.4) is 0 Å². The van der Waals surface area contributed by atoms with Gasteiger partial charge in [0.25, 0.3) is 0 Å². The zero-order chi connectivity index (χ0) is 30.7. The number of hydrogen-bond donors (Lipinski definition) is 2. The van der Waals surface area contributed by atoms with Gasteiger partial charge >= 0.3 is 12.2 Å². The Morgan fingerprint density at radius 1 is 0.953 bits per heavy atom. The molecule has 9 nitrogen and oxygen atoms in total. The van der Waals surface area contributed by atoms with Gasteiger partial charge in [0.05, 0.1) is 16.3 Å². The standard InChI is InChI=1S/C32H40N4O5S2/c1-32(2,3)41-31(39)36-22-42-20-28(36)29(37)34-25(16-23-10-6-4-7-11-23)14-15-26(17-24-12-8-5-9-13-24)35-30(38)40-19-27-18-33-21-43-27/h4-13,18,21,25-26,28H,14-17,19-20,22H2,1-3H3,(H,34,37)(H,35,38)/t25-,26-,28+/m1/s1. The van der Waals surface area contributed by atoms with Crippen LogP contribution in [0.4, 0.5) is 9.59 Å². The van der Waals surface area contributed by atoms with Crippen LogP contribution in [0.5, 0.6) is 0 Å². The molecule has 0 aliphatic carbocycles. The van der Waals surface area contributed by atoms with E-state index >= 15 is 0 Å². The van der Waals surface area contributed by atoms with Crippen molar-refractivity contribution in [2.45, 2.75) is 76.8 Å². The molecule has 1 fully saturated rings. The number of thiazole rings is 1. The maximum atomic E-state index is 13.6. The second-order valence-corrected chi connectivity index (χ2v) is 13.5. The summed E-state index contributed by atoms with van der Waals surface area (Å²) in [6.45, 7) is 5.60. The molecule has 0 saturated carbocycles. The lowest BCUT2D eigenvalue weighted by Gasteiger charge is -2.29. The van der Waals surface area contributed by atoms with E-state index in [0.717, 1.165) is 16.0 Å². The van der Waals surface area contributed by atoms with Crippen LogP contribution < -0.4 is 10.6 Å². The smallest absolute Gasteiger partial charge is 0.411 e. The van der Waals surface area contributed by atoms with Crippen LogP contribution in [-0.2, 0) is 33.7 Å². The predicted octanol–water partition coefficient (Wildman–Crippen LogP) is 5.80. The normalized spacial score (nSPS) is 16.3. The number of thioether (sulfide) groups is 1. The highest BCUT2D eigenvalue weighted by Crippen LogP contribution is 2.24. The maximum absolute atomic E-state index is 13.6. The van der Waals surface area contributed by atoms with Gasteiger partial charge in [-0.15, -0.1) is 23.1 Å². The Kier molecular flexibility index (Phi) is 11.9. The highest BCUT2D eigenvalue weighted by atomic mass is 32.2. The summed E-state index contributed by atoms with van der Waals surface area (Å²) < 4.78 is 11.0. The minimum Gasteiger partial charge on any atom is -0.444 e. The largest absolute Gasteiger partial charge is 0.444 e. The maximum Gasteiger partial charge on any atom is 0.411 e. The van der Waals surface area contributed by atoms with Crippen molar-refractivity contribution in [2.75, 3.05) is 11.6 Å². The van der Waals surface area contributed by atoms with Gasteiger partial charge in [-0.05, 0) is 57.6 Å². The molecule has 2 N–H and O–H groups in total. The first-order valence-corrected chi connectivity index (χ1v) is 16.5. The molecule has 0 bridgehead atoms. The Morgan fingerprint density at radius 3 is 2.12 bits per heavy atom. The molecule has 4 rings (SSSR count). The lowest BCUT2D eigenvalue weighted by atomic mass is 9.96. The molecule has 0 radical (unpaired) electrons. The van der Waals surface area contributed by atoms with Gasteiger partial charge in [0.2, 0.25) is 5.91 Å². The van der Waals surface area contributed by atoms with Gasteiger partial charge in [-0.3, -0.25) is 14.7 Å². The number of benzene rings is 2. The third-order valence-electron chi connectivity index (χ3n) is 6.82. The number of nitrogens with one attached hydrogen (secondary N) is 2. The molecule has 11 heteroatoms. The van der Waals surface area contributed by atoms with E-state index in [0.29, 0.717) is 37.3 Å². The number of nitrogens with zero attached hydrogens (tertiary/aromatic N) is 2. The average molecular weight is 625 g/mol. The highest BCUT2D eigenvalue weighted by molar-refractivity contribution is 7.99. The lowest BCUT2D eigenvalue weighted by molar-refractivity contribution is -0.125. The Hall–Kier alpha value is -3.57. The fraction of sp³-hybridized carbons (Fsp3) is 0.438. The minimum atomic E-state index is -0.649. The van der Waals surface area contributed by atoms with Crippen LogP contribution in [0, 0.1) is 0 Å². The lowest BCUT2D eigenvalue weighted by Crippen LogP contribution is -2.51. The molecule has 1 saturated heterocycles. The number of carbonyl (C=O) groups is 3. The molecule has 0 spiro atoms. The van der Waals surface area contributed by atoms with Gasteiger partial charge in [0.1, 0.15) is 18.2 Å². The summed E-state index contributed by atoms with van der Waals surface area (Å²) in [6.07, 6.45) is 3.16. The molecule has 1 aliphatic heterocycles. The molecule has 3 atom stereocenters. The van der Waals surface area contributed by atoms with Crippen molar-refractivity contribution in [1.29, 1.82) is 0 Å². The molecule has 2 heterocycles. The van der Waals surface area contributed by atoms with E-state index in [2.05, 4.69) is 15.6 Å². The van der Waals surface area contributed by atoms with E-state index < -0.39 is 23.8 Å². The van der Waals surface area contributed by atoms with Crippen LogP contribution in [-0.4, -0.2) is 63.3 Å². The number of ether oxygens (including phenoxy) is 2. The summed E-state index contributed by atoms with van der Waals surface area (Å²) >= 11 is 2.97. The Bertz CT molecular complexity index is 1300. The number of hydrogen-bond acceptors (Lipinski definition) is 8. The van der Waals surface area contributed by atoms with Crippen molar-refractivity contribution < 1.29 is 23.9 Å². The minimum absolute atomic E-state index is 0.162. The predicted molar refractivity (Wildman–Crippen MR) is 170 cm³/mol. The molecule has 3 amide bonds. The van der Waals surface area contributed by atoms with E-state index in [1.54, 1.807) is 11.7 Å². The van der Waals surface area contributed by atoms with Gasteiger partial charge in [-0.1, -0.05) is 60.7 Å². The average Bonchev–Trinajstić information content (AvgIpc) is 3.68. The second kappa shape index (κ2) is 15.8. The van der Waals surface area contributed by atoms with Crippen molar-refractivity contribution in [1.82, 2.24) is 20.5 Å². The molecule has 1 aliphatic rings. The molecule has 1 aromatic heterocycles. The van der Waals surface area contributed by atoms with Crippen LogP contribution in [0.2, 0.25) is 0 Å².